The second kappa shape index (κ2) is 5.41. The van der Waals surface area contributed by atoms with Crippen LogP contribution in [0.3, 0.4) is 0 Å². The van der Waals surface area contributed by atoms with Crippen molar-refractivity contribution < 1.29 is 14.3 Å². The first-order chi connectivity index (χ1) is 14.9. The minimum absolute atomic E-state index is 0.129. The molecule has 16 unspecified atom stereocenters. The molecule has 5 saturated carbocycles. The molecule has 164 valence electrons. The summed E-state index contributed by atoms with van der Waals surface area (Å²) in [5.74, 6) is 7.76. The van der Waals surface area contributed by atoms with Crippen molar-refractivity contribution in [3.8, 4) is 6.07 Å². The highest BCUT2D eigenvalue weighted by Crippen LogP contribution is 2.78. The molecule has 8 aliphatic rings. The summed E-state index contributed by atoms with van der Waals surface area (Å²) in [7, 11) is 0. The topological polar surface area (TPSA) is 59.3 Å². The zero-order valence-electron chi connectivity index (χ0n) is 18.7. The Morgan fingerprint density at radius 3 is 2.00 bits per heavy atom. The maximum Gasteiger partial charge on any atom is 0.311 e. The SMILES string of the molecule is CC(C)(C)OC(=O)C1C(C#N)C2CC1C1C3OC(C21)C1C2CC(C4C5C=CC(C5)C24)C31. The zero-order chi connectivity index (χ0) is 21.0. The van der Waals surface area contributed by atoms with Crippen molar-refractivity contribution in [3.05, 3.63) is 12.2 Å². The van der Waals surface area contributed by atoms with E-state index in [2.05, 4.69) is 18.2 Å². The van der Waals surface area contributed by atoms with Crippen LogP contribution in [-0.2, 0) is 14.3 Å². The molecule has 0 spiro atoms. The Kier molecular flexibility index (Phi) is 3.16. The molecule has 4 heteroatoms. The third-order valence-corrected chi connectivity index (χ3v) is 11.5. The molecule has 8 rings (SSSR count). The van der Waals surface area contributed by atoms with Gasteiger partial charge < -0.3 is 9.47 Å². The molecule has 16 atom stereocenters. The highest BCUT2D eigenvalue weighted by Gasteiger charge is 2.78. The Labute approximate surface area is 184 Å². The molecular weight excluding hydrogens is 386 g/mol. The van der Waals surface area contributed by atoms with Crippen LogP contribution in [0.25, 0.3) is 0 Å². The van der Waals surface area contributed by atoms with E-state index in [1.54, 1.807) is 0 Å². The van der Waals surface area contributed by atoms with E-state index < -0.39 is 5.60 Å². The molecule has 0 aromatic rings. The van der Waals surface area contributed by atoms with Crippen molar-refractivity contribution in [2.75, 3.05) is 0 Å². The summed E-state index contributed by atoms with van der Waals surface area (Å²) in [4.78, 5) is 13.2. The third kappa shape index (κ3) is 1.93. The lowest BCUT2D eigenvalue weighted by atomic mass is 9.53. The molecule has 0 aromatic heterocycles. The first kappa shape index (κ1) is 18.1. The predicted molar refractivity (Wildman–Crippen MR) is 112 cm³/mol. The summed E-state index contributed by atoms with van der Waals surface area (Å²) in [6.45, 7) is 5.80. The molecule has 2 saturated heterocycles. The minimum atomic E-state index is -0.497. The quantitative estimate of drug-likeness (QED) is 0.365. The molecule has 7 fully saturated rings. The first-order valence-electron chi connectivity index (χ1n) is 12.8. The normalized spacial score (nSPS) is 62.8. The summed E-state index contributed by atoms with van der Waals surface area (Å²) < 4.78 is 12.7. The second-order valence-corrected chi connectivity index (χ2v) is 13.3. The Hall–Kier alpha value is -1.34. The number of esters is 1. The zero-order valence-corrected chi connectivity index (χ0v) is 18.7. The number of carbonyl (C=O) groups excluding carboxylic acids is 1. The monoisotopic (exact) mass is 419 g/mol. The van der Waals surface area contributed by atoms with E-state index in [4.69, 9.17) is 9.47 Å². The van der Waals surface area contributed by atoms with Crippen LogP contribution in [0.4, 0.5) is 0 Å². The fraction of sp³-hybridized carbons (Fsp3) is 0.852. The van der Waals surface area contributed by atoms with Gasteiger partial charge in [0.2, 0.25) is 0 Å². The molecule has 31 heavy (non-hydrogen) atoms. The van der Waals surface area contributed by atoms with E-state index in [0.29, 0.717) is 35.9 Å². The van der Waals surface area contributed by atoms with Crippen LogP contribution in [0, 0.1) is 94.2 Å². The average molecular weight is 420 g/mol. The standard InChI is InChI=1S/C27H33NO3/c1-27(2,3)31-26(29)19-15-7-12(16(19)9-28)20-23(15)25-22-14-8-13(21(22)24(20)30-25)17-10-4-5-11(6-10)18(14)17/h4-5,10-25H,6-8H2,1-3H3. The number of hydrogen-bond acceptors (Lipinski definition) is 4. The lowest BCUT2D eigenvalue weighted by Crippen LogP contribution is -2.52. The Balaban J connectivity index is 1.14. The molecule has 0 N–H and O–H groups in total. The van der Waals surface area contributed by atoms with Gasteiger partial charge in [0.15, 0.2) is 0 Å². The fourth-order valence-corrected chi connectivity index (χ4v) is 11.4. The van der Waals surface area contributed by atoms with Crippen LogP contribution in [0.1, 0.15) is 40.0 Å². The maximum atomic E-state index is 13.2. The van der Waals surface area contributed by atoms with Crippen molar-refractivity contribution in [3.63, 3.8) is 0 Å². The fourth-order valence-electron chi connectivity index (χ4n) is 11.4. The van der Waals surface area contributed by atoms with Gasteiger partial charge in [0.25, 0.3) is 0 Å². The number of fused-ring (bicyclic) bond motifs is 23. The van der Waals surface area contributed by atoms with Crippen LogP contribution in [-0.4, -0.2) is 23.8 Å². The molecular formula is C27H33NO3. The highest BCUT2D eigenvalue weighted by atomic mass is 16.6. The molecule has 8 bridgehead atoms. The molecule has 0 radical (unpaired) electrons. The predicted octanol–water partition coefficient (Wildman–Crippen LogP) is 4.07. The van der Waals surface area contributed by atoms with Crippen molar-refractivity contribution in [1.82, 2.24) is 0 Å². The van der Waals surface area contributed by atoms with E-state index >= 15 is 0 Å². The van der Waals surface area contributed by atoms with Crippen molar-refractivity contribution >= 4 is 5.97 Å². The van der Waals surface area contributed by atoms with Crippen LogP contribution in [0.2, 0.25) is 0 Å². The number of nitrogens with zero attached hydrogens (tertiary/aromatic N) is 1. The lowest BCUT2D eigenvalue weighted by Gasteiger charge is -2.48. The van der Waals surface area contributed by atoms with Gasteiger partial charge in [-0.1, -0.05) is 12.2 Å². The van der Waals surface area contributed by atoms with E-state index in [1.165, 1.54) is 12.8 Å². The van der Waals surface area contributed by atoms with Gasteiger partial charge in [-0.05, 0) is 111 Å². The molecule has 0 aromatic carbocycles. The summed E-state index contributed by atoms with van der Waals surface area (Å²) in [6.07, 6.45) is 9.67. The number of nitriles is 1. The van der Waals surface area contributed by atoms with E-state index in [9.17, 15) is 10.1 Å². The summed E-state index contributed by atoms with van der Waals surface area (Å²) in [6, 6.07) is 2.57. The molecule has 2 heterocycles. The molecule has 4 nitrogen and oxygen atoms in total. The Morgan fingerprint density at radius 1 is 0.871 bits per heavy atom. The molecule has 0 amide bonds. The summed E-state index contributed by atoms with van der Waals surface area (Å²) in [5.41, 5.74) is -0.497. The Morgan fingerprint density at radius 2 is 1.42 bits per heavy atom. The first-order valence-corrected chi connectivity index (χ1v) is 12.8. The smallest absolute Gasteiger partial charge is 0.311 e. The van der Waals surface area contributed by atoms with Gasteiger partial charge in [-0.25, -0.2) is 0 Å². The number of hydrogen-bond donors (Lipinski definition) is 0. The van der Waals surface area contributed by atoms with Crippen LogP contribution < -0.4 is 0 Å². The number of rotatable bonds is 1. The van der Waals surface area contributed by atoms with Gasteiger partial charge in [-0.3, -0.25) is 4.79 Å². The van der Waals surface area contributed by atoms with E-state index in [1.807, 2.05) is 20.8 Å². The average Bonchev–Trinajstić information content (AvgIpc) is 3.52. The summed E-state index contributed by atoms with van der Waals surface area (Å²) in [5, 5.41) is 10.1. The van der Waals surface area contributed by atoms with Crippen LogP contribution in [0.5, 0.6) is 0 Å². The summed E-state index contributed by atoms with van der Waals surface area (Å²) >= 11 is 0. The van der Waals surface area contributed by atoms with Gasteiger partial charge in [-0.2, -0.15) is 5.26 Å². The van der Waals surface area contributed by atoms with Crippen LogP contribution in [0.15, 0.2) is 12.2 Å². The largest absolute Gasteiger partial charge is 0.460 e. The number of ether oxygens (including phenoxy) is 2. The Bertz CT molecular complexity index is 943. The van der Waals surface area contributed by atoms with Gasteiger partial charge in [0.1, 0.15) is 5.60 Å². The van der Waals surface area contributed by atoms with Gasteiger partial charge in [-0.15, -0.1) is 0 Å². The van der Waals surface area contributed by atoms with Crippen molar-refractivity contribution in [1.29, 1.82) is 5.26 Å². The third-order valence-electron chi connectivity index (χ3n) is 11.5. The lowest BCUT2D eigenvalue weighted by molar-refractivity contribution is -0.165. The van der Waals surface area contributed by atoms with Gasteiger partial charge >= 0.3 is 5.97 Å². The molecule has 6 aliphatic carbocycles. The molecule has 2 aliphatic heterocycles. The van der Waals surface area contributed by atoms with Crippen molar-refractivity contribution in [2.45, 2.75) is 57.8 Å². The van der Waals surface area contributed by atoms with E-state index in [-0.39, 0.29) is 17.8 Å². The second-order valence-electron chi connectivity index (χ2n) is 13.3. The minimum Gasteiger partial charge on any atom is -0.460 e. The number of carbonyl (C=O) groups is 1. The maximum absolute atomic E-state index is 13.2. The number of allylic oxidation sites excluding steroid dienone is 2. The van der Waals surface area contributed by atoms with E-state index in [0.717, 1.165) is 53.8 Å². The van der Waals surface area contributed by atoms with Crippen molar-refractivity contribution in [2.24, 2.45) is 82.9 Å². The highest BCUT2D eigenvalue weighted by molar-refractivity contribution is 5.75. The van der Waals surface area contributed by atoms with Gasteiger partial charge in [0, 0.05) is 0 Å². The van der Waals surface area contributed by atoms with Crippen LogP contribution >= 0.6 is 0 Å². The van der Waals surface area contributed by atoms with Gasteiger partial charge in [0.05, 0.1) is 30.1 Å².